The van der Waals surface area contributed by atoms with Gasteiger partial charge in [-0.2, -0.15) is 0 Å². The second-order valence-corrected chi connectivity index (χ2v) is 3.79. The number of hydrogen-bond donors (Lipinski definition) is 3. The van der Waals surface area contributed by atoms with Crippen LogP contribution in [0.2, 0.25) is 0 Å². The van der Waals surface area contributed by atoms with E-state index in [9.17, 15) is 4.39 Å². The highest BCUT2D eigenvalue weighted by atomic mass is 19.1. The molecule has 0 bridgehead atoms. The van der Waals surface area contributed by atoms with Gasteiger partial charge in [0.2, 0.25) is 0 Å². The molecule has 0 aliphatic rings. The molecule has 4 N–H and O–H groups in total. The van der Waals surface area contributed by atoms with Crippen LogP contribution in [0.25, 0.3) is 0 Å². The van der Waals surface area contributed by atoms with Crippen molar-refractivity contribution in [1.82, 2.24) is 4.98 Å². The molecule has 0 amide bonds. The van der Waals surface area contributed by atoms with Crippen molar-refractivity contribution in [2.75, 3.05) is 18.1 Å². The van der Waals surface area contributed by atoms with Crippen LogP contribution in [0.3, 0.4) is 0 Å². The van der Waals surface area contributed by atoms with Gasteiger partial charge in [0.15, 0.2) is 0 Å². The number of anilines is 2. The molecule has 0 fully saturated rings. The Hall–Kier alpha value is -2.43. The van der Waals surface area contributed by atoms with E-state index in [4.69, 9.17) is 11.1 Å². The summed E-state index contributed by atoms with van der Waals surface area (Å²) in [5.41, 5.74) is 7.86. The molecule has 0 saturated carbocycles. The van der Waals surface area contributed by atoms with Crippen LogP contribution in [0.1, 0.15) is 11.1 Å². The van der Waals surface area contributed by atoms with Crippen LogP contribution in [-0.4, -0.2) is 17.7 Å². The van der Waals surface area contributed by atoms with Crippen LogP contribution in [0.15, 0.2) is 36.5 Å². The molecule has 0 aliphatic carbocycles. The number of halogens is 1. The fourth-order valence-corrected chi connectivity index (χ4v) is 1.58. The fraction of sp³-hybridized carbons (Fsp3) is 0.0769. The van der Waals surface area contributed by atoms with Crippen LogP contribution < -0.4 is 11.1 Å². The second kappa shape index (κ2) is 4.83. The maximum atomic E-state index is 12.8. The quantitative estimate of drug-likeness (QED) is 0.725. The van der Waals surface area contributed by atoms with Gasteiger partial charge in [0.1, 0.15) is 11.6 Å². The number of nitrogens with zero attached hydrogens (tertiary/aromatic N) is 1. The summed E-state index contributed by atoms with van der Waals surface area (Å²) < 4.78 is 12.8. The Bertz CT molecular complexity index is 578. The van der Waals surface area contributed by atoms with Crippen molar-refractivity contribution in [3.8, 4) is 0 Å². The highest BCUT2D eigenvalue weighted by Gasteiger charge is 2.10. The van der Waals surface area contributed by atoms with Crippen molar-refractivity contribution in [3.05, 3.63) is 53.5 Å². The summed E-state index contributed by atoms with van der Waals surface area (Å²) in [6.07, 6.45) is 1.59. The predicted octanol–water partition coefficient (Wildman–Crippen LogP) is 2.26. The van der Waals surface area contributed by atoms with Gasteiger partial charge in [-0.1, -0.05) is 0 Å². The molecule has 0 aliphatic heterocycles. The highest BCUT2D eigenvalue weighted by molar-refractivity contribution is 6.13. The molecule has 4 nitrogen and oxygen atoms in total. The first kappa shape index (κ1) is 12.0. The molecule has 2 rings (SSSR count). The van der Waals surface area contributed by atoms with E-state index in [1.165, 1.54) is 12.1 Å². The Balaban J connectivity index is 2.42. The highest BCUT2D eigenvalue weighted by Crippen LogP contribution is 2.18. The summed E-state index contributed by atoms with van der Waals surface area (Å²) >= 11 is 0. The minimum absolute atomic E-state index is 0.220. The lowest BCUT2D eigenvalue weighted by Gasteiger charge is -2.09. The first-order valence-corrected chi connectivity index (χ1v) is 5.40. The van der Waals surface area contributed by atoms with Crippen LogP contribution in [-0.2, 0) is 0 Å². The van der Waals surface area contributed by atoms with Gasteiger partial charge >= 0.3 is 0 Å². The number of nitrogen functional groups attached to an aromatic ring is 1. The smallest absolute Gasteiger partial charge is 0.132 e. The van der Waals surface area contributed by atoms with Crippen LogP contribution >= 0.6 is 0 Å². The number of hydrogen-bond acceptors (Lipinski definition) is 4. The topological polar surface area (TPSA) is 74.8 Å². The maximum absolute atomic E-state index is 12.8. The average molecular weight is 244 g/mol. The lowest BCUT2D eigenvalue weighted by molar-refractivity contribution is 0.628. The number of benzene rings is 1. The van der Waals surface area contributed by atoms with Gasteiger partial charge < -0.3 is 11.1 Å². The van der Waals surface area contributed by atoms with E-state index in [-0.39, 0.29) is 17.3 Å². The fourth-order valence-electron chi connectivity index (χ4n) is 1.58. The molecule has 0 radical (unpaired) electrons. The van der Waals surface area contributed by atoms with E-state index in [0.29, 0.717) is 11.1 Å². The molecule has 0 unspecified atom stereocenters. The van der Waals surface area contributed by atoms with Gasteiger partial charge in [-0.3, -0.25) is 5.41 Å². The van der Waals surface area contributed by atoms with Crippen LogP contribution in [0, 0.1) is 11.2 Å². The third kappa shape index (κ3) is 2.29. The van der Waals surface area contributed by atoms with Crippen molar-refractivity contribution in [2.45, 2.75) is 0 Å². The van der Waals surface area contributed by atoms with Gasteiger partial charge in [0.25, 0.3) is 0 Å². The number of nitrogens with one attached hydrogen (secondary N) is 2. The zero-order chi connectivity index (χ0) is 13.1. The number of rotatable bonds is 3. The van der Waals surface area contributed by atoms with Crippen molar-refractivity contribution in [1.29, 1.82) is 5.41 Å². The van der Waals surface area contributed by atoms with E-state index in [1.807, 2.05) is 0 Å². The molecular weight excluding hydrogens is 231 g/mol. The normalized spacial score (nSPS) is 10.1. The molecule has 0 saturated heterocycles. The summed E-state index contributed by atoms with van der Waals surface area (Å²) in [5.74, 6) is -0.0510. The van der Waals surface area contributed by atoms with Crippen LogP contribution in [0.5, 0.6) is 0 Å². The minimum atomic E-state index is -0.332. The molecule has 0 atom stereocenters. The maximum Gasteiger partial charge on any atom is 0.132 e. The first-order chi connectivity index (χ1) is 8.61. The summed E-state index contributed by atoms with van der Waals surface area (Å²) in [7, 11) is 1.76. The Morgan fingerprint density at radius 3 is 2.61 bits per heavy atom. The van der Waals surface area contributed by atoms with E-state index in [2.05, 4.69) is 10.3 Å². The van der Waals surface area contributed by atoms with Gasteiger partial charge in [-0.05, 0) is 30.3 Å². The predicted molar refractivity (Wildman–Crippen MR) is 70.5 cm³/mol. The van der Waals surface area contributed by atoms with Crippen molar-refractivity contribution >= 4 is 17.2 Å². The number of aromatic nitrogens is 1. The Morgan fingerprint density at radius 2 is 2.00 bits per heavy atom. The molecule has 92 valence electrons. The molecular formula is C13H13FN4. The average Bonchev–Trinajstić information content (AvgIpc) is 2.39. The van der Waals surface area contributed by atoms with Crippen LogP contribution in [0.4, 0.5) is 15.9 Å². The Kier molecular flexibility index (Phi) is 3.23. The van der Waals surface area contributed by atoms with E-state index < -0.39 is 0 Å². The number of nitrogens with two attached hydrogens (primary N) is 1. The summed E-state index contributed by atoms with van der Waals surface area (Å²) in [6.45, 7) is 0. The zero-order valence-corrected chi connectivity index (χ0v) is 9.87. The molecule has 0 spiro atoms. The Labute approximate surface area is 104 Å². The second-order valence-electron chi connectivity index (χ2n) is 3.79. The van der Waals surface area contributed by atoms with E-state index in [0.717, 1.165) is 5.69 Å². The molecule has 1 heterocycles. The van der Waals surface area contributed by atoms with Crippen molar-refractivity contribution < 1.29 is 4.39 Å². The summed E-state index contributed by atoms with van der Waals surface area (Å²) in [6, 6.07) is 7.46. The SMILES string of the molecule is CNc1cnc(N)c(C(=N)c2ccc(F)cc2)c1. The summed E-state index contributed by atoms with van der Waals surface area (Å²) in [4.78, 5) is 4.01. The lowest BCUT2D eigenvalue weighted by atomic mass is 10.0. The van der Waals surface area contributed by atoms with Gasteiger partial charge in [0, 0.05) is 18.2 Å². The molecule has 18 heavy (non-hydrogen) atoms. The third-order valence-corrected chi connectivity index (χ3v) is 2.61. The minimum Gasteiger partial charge on any atom is -0.387 e. The largest absolute Gasteiger partial charge is 0.387 e. The van der Waals surface area contributed by atoms with Crippen molar-refractivity contribution in [2.24, 2.45) is 0 Å². The third-order valence-electron chi connectivity index (χ3n) is 2.61. The molecule has 2 aromatic rings. The monoisotopic (exact) mass is 244 g/mol. The Morgan fingerprint density at radius 1 is 1.33 bits per heavy atom. The van der Waals surface area contributed by atoms with Gasteiger partial charge in [-0.15, -0.1) is 0 Å². The first-order valence-electron chi connectivity index (χ1n) is 5.40. The number of pyridine rings is 1. The molecule has 1 aromatic heterocycles. The van der Waals surface area contributed by atoms with Gasteiger partial charge in [-0.25, -0.2) is 9.37 Å². The van der Waals surface area contributed by atoms with E-state index >= 15 is 0 Å². The van der Waals surface area contributed by atoms with E-state index in [1.54, 1.807) is 31.4 Å². The molecule has 1 aromatic carbocycles. The summed E-state index contributed by atoms with van der Waals surface area (Å²) in [5, 5.41) is 11.0. The lowest BCUT2D eigenvalue weighted by Crippen LogP contribution is -2.08. The zero-order valence-electron chi connectivity index (χ0n) is 9.87. The van der Waals surface area contributed by atoms with Gasteiger partial charge in [0.05, 0.1) is 17.6 Å². The van der Waals surface area contributed by atoms with Crippen molar-refractivity contribution in [3.63, 3.8) is 0 Å². The molecule has 5 heteroatoms. The standard InChI is InChI=1S/C13H13FN4/c1-17-10-6-11(13(16)18-7-10)12(15)8-2-4-9(14)5-3-8/h2-7,15,17H,1H3,(H2,16,18).